The average molecular weight is 262 g/mol. The maximum atomic E-state index is 2.77. The topological polar surface area (TPSA) is 6.48 Å². The Labute approximate surface area is 114 Å². The van der Waals surface area contributed by atoms with Crippen molar-refractivity contribution in [1.29, 1.82) is 0 Å². The van der Waals surface area contributed by atoms with Gasteiger partial charge in [-0.15, -0.1) is 11.3 Å². The summed E-state index contributed by atoms with van der Waals surface area (Å²) in [4.78, 5) is 7.04. The highest BCUT2D eigenvalue weighted by atomic mass is 32.1. The maximum absolute atomic E-state index is 2.77. The quantitative estimate of drug-likeness (QED) is 0.826. The lowest BCUT2D eigenvalue weighted by molar-refractivity contribution is 0.246. The van der Waals surface area contributed by atoms with Gasteiger partial charge >= 0.3 is 0 Å². The van der Waals surface area contributed by atoms with Gasteiger partial charge in [-0.05, 0) is 48.6 Å². The summed E-state index contributed by atoms with van der Waals surface area (Å²) in [5.74, 6) is 1.93. The molecule has 0 aromatic carbocycles. The number of hydrogen-bond donors (Lipinski definition) is 0. The molecule has 98 valence electrons. The lowest BCUT2D eigenvalue weighted by atomic mass is 10.0. The zero-order valence-electron chi connectivity index (χ0n) is 11.1. The summed E-state index contributed by atoms with van der Waals surface area (Å²) >= 11 is 1.93. The fourth-order valence-electron chi connectivity index (χ4n) is 3.76. The number of hydrogen-bond acceptors (Lipinski definition) is 3. The van der Waals surface area contributed by atoms with Gasteiger partial charge in [0, 0.05) is 43.6 Å². The maximum Gasteiger partial charge on any atom is 0.0330 e. The van der Waals surface area contributed by atoms with Crippen molar-refractivity contribution in [2.45, 2.75) is 32.4 Å². The molecule has 2 saturated heterocycles. The van der Waals surface area contributed by atoms with Gasteiger partial charge in [0.05, 0.1) is 0 Å². The molecule has 2 nitrogen and oxygen atoms in total. The second-order valence-corrected chi connectivity index (χ2v) is 7.43. The molecule has 3 heterocycles. The van der Waals surface area contributed by atoms with Crippen LogP contribution in [-0.2, 0) is 6.54 Å². The molecule has 1 aromatic heterocycles. The van der Waals surface area contributed by atoms with Crippen molar-refractivity contribution in [3.63, 3.8) is 0 Å². The van der Waals surface area contributed by atoms with E-state index in [0.29, 0.717) is 0 Å². The molecule has 2 unspecified atom stereocenters. The predicted octanol–water partition coefficient (Wildman–Crippen LogP) is 2.58. The zero-order chi connectivity index (χ0) is 12.1. The number of thiophene rings is 1. The SMILES string of the molecule is Cc1ccsc1CN1CC2CN(C3CC3)CC2C1. The third-order valence-electron chi connectivity index (χ3n) is 4.99. The van der Waals surface area contributed by atoms with Gasteiger partial charge in [-0.25, -0.2) is 0 Å². The Morgan fingerprint density at radius 2 is 1.89 bits per heavy atom. The first-order valence-electron chi connectivity index (χ1n) is 7.29. The van der Waals surface area contributed by atoms with Crippen LogP contribution < -0.4 is 0 Å². The molecule has 1 saturated carbocycles. The molecule has 1 aromatic rings. The van der Waals surface area contributed by atoms with E-state index in [2.05, 4.69) is 28.2 Å². The highest BCUT2D eigenvalue weighted by Gasteiger charge is 2.44. The van der Waals surface area contributed by atoms with Crippen molar-refractivity contribution in [1.82, 2.24) is 9.80 Å². The Hall–Kier alpha value is -0.380. The minimum absolute atomic E-state index is 0.964. The lowest BCUT2D eigenvalue weighted by Crippen LogP contribution is -2.29. The second kappa shape index (κ2) is 4.32. The number of rotatable bonds is 3. The number of nitrogens with zero attached hydrogens (tertiary/aromatic N) is 2. The summed E-state index contributed by atoms with van der Waals surface area (Å²) in [6.07, 6.45) is 2.94. The molecule has 0 spiro atoms. The molecule has 3 aliphatic rings. The van der Waals surface area contributed by atoms with Crippen LogP contribution in [0.4, 0.5) is 0 Å². The van der Waals surface area contributed by atoms with Gasteiger partial charge in [0.2, 0.25) is 0 Å². The molecule has 4 rings (SSSR count). The summed E-state index contributed by atoms with van der Waals surface area (Å²) in [7, 11) is 0. The van der Waals surface area contributed by atoms with E-state index in [1.807, 2.05) is 11.3 Å². The Kier molecular flexibility index (Phi) is 2.75. The minimum atomic E-state index is 0.964. The van der Waals surface area contributed by atoms with Crippen molar-refractivity contribution in [2.75, 3.05) is 26.2 Å². The normalized spacial score (nSPS) is 33.2. The fourth-order valence-corrected chi connectivity index (χ4v) is 4.71. The Morgan fingerprint density at radius 1 is 1.17 bits per heavy atom. The molecular formula is C15H22N2S. The lowest BCUT2D eigenvalue weighted by Gasteiger charge is -2.20. The van der Waals surface area contributed by atoms with Gasteiger partial charge in [-0.2, -0.15) is 0 Å². The molecule has 0 radical (unpaired) electrons. The number of aryl methyl sites for hydroxylation is 1. The molecular weight excluding hydrogens is 240 g/mol. The summed E-state index contributed by atoms with van der Waals surface area (Å²) < 4.78 is 0. The van der Waals surface area contributed by atoms with E-state index in [-0.39, 0.29) is 0 Å². The van der Waals surface area contributed by atoms with Gasteiger partial charge in [0.1, 0.15) is 0 Å². The molecule has 1 aliphatic carbocycles. The van der Waals surface area contributed by atoms with Crippen LogP contribution in [0.1, 0.15) is 23.3 Å². The summed E-state index contributed by atoms with van der Waals surface area (Å²) in [6, 6.07) is 3.23. The highest BCUT2D eigenvalue weighted by Crippen LogP contribution is 2.38. The van der Waals surface area contributed by atoms with E-state index in [4.69, 9.17) is 0 Å². The van der Waals surface area contributed by atoms with Crippen molar-refractivity contribution < 1.29 is 0 Å². The summed E-state index contributed by atoms with van der Waals surface area (Å²) in [6.45, 7) is 8.89. The molecule has 0 N–H and O–H groups in total. The van der Waals surface area contributed by atoms with Crippen LogP contribution in [0.5, 0.6) is 0 Å². The van der Waals surface area contributed by atoms with E-state index in [1.165, 1.54) is 51.1 Å². The van der Waals surface area contributed by atoms with Crippen LogP contribution in [0.3, 0.4) is 0 Å². The van der Waals surface area contributed by atoms with Crippen LogP contribution in [0.15, 0.2) is 11.4 Å². The summed E-state index contributed by atoms with van der Waals surface area (Å²) in [5, 5.41) is 2.23. The number of likely N-dealkylation sites (tertiary alicyclic amines) is 2. The van der Waals surface area contributed by atoms with Crippen LogP contribution in [0, 0.1) is 18.8 Å². The van der Waals surface area contributed by atoms with Gasteiger partial charge in [-0.3, -0.25) is 9.80 Å². The minimum Gasteiger partial charge on any atom is -0.300 e. The van der Waals surface area contributed by atoms with E-state index >= 15 is 0 Å². The average Bonchev–Trinajstić information content (AvgIpc) is 2.85. The third-order valence-corrected chi connectivity index (χ3v) is 6.00. The third kappa shape index (κ3) is 2.02. The highest BCUT2D eigenvalue weighted by molar-refractivity contribution is 7.10. The van der Waals surface area contributed by atoms with Crippen LogP contribution in [0.2, 0.25) is 0 Å². The molecule has 2 atom stereocenters. The van der Waals surface area contributed by atoms with E-state index < -0.39 is 0 Å². The monoisotopic (exact) mass is 262 g/mol. The first-order valence-corrected chi connectivity index (χ1v) is 8.17. The fraction of sp³-hybridized carbons (Fsp3) is 0.733. The molecule has 18 heavy (non-hydrogen) atoms. The smallest absolute Gasteiger partial charge is 0.0330 e. The first-order chi connectivity index (χ1) is 8.79. The molecule has 3 heteroatoms. The standard InChI is InChI=1S/C15H22N2S/c1-11-4-5-18-15(11)10-16-6-12-8-17(14-2-3-14)9-13(12)7-16/h4-5,12-14H,2-3,6-10H2,1H3. The van der Waals surface area contributed by atoms with Gasteiger partial charge < -0.3 is 0 Å². The van der Waals surface area contributed by atoms with E-state index in [9.17, 15) is 0 Å². The van der Waals surface area contributed by atoms with Gasteiger partial charge in [-0.1, -0.05) is 0 Å². The number of fused-ring (bicyclic) bond motifs is 1. The van der Waals surface area contributed by atoms with E-state index in [0.717, 1.165) is 17.9 Å². The molecule has 2 aliphatic heterocycles. The summed E-state index contributed by atoms with van der Waals surface area (Å²) in [5.41, 5.74) is 1.48. The van der Waals surface area contributed by atoms with E-state index in [1.54, 1.807) is 4.88 Å². The Morgan fingerprint density at radius 3 is 2.44 bits per heavy atom. The first kappa shape index (κ1) is 11.4. The molecule has 0 bridgehead atoms. The molecule has 3 fully saturated rings. The van der Waals surface area contributed by atoms with Crippen LogP contribution >= 0.6 is 11.3 Å². The van der Waals surface area contributed by atoms with Gasteiger partial charge in [0.25, 0.3) is 0 Å². The zero-order valence-corrected chi connectivity index (χ0v) is 12.0. The second-order valence-electron chi connectivity index (χ2n) is 6.43. The largest absolute Gasteiger partial charge is 0.300 e. The Balaban J connectivity index is 1.37. The van der Waals surface area contributed by atoms with Crippen molar-refractivity contribution in [3.05, 3.63) is 21.9 Å². The Bertz CT molecular complexity index is 423. The van der Waals surface area contributed by atoms with Crippen molar-refractivity contribution >= 4 is 11.3 Å². The molecule has 0 amide bonds. The van der Waals surface area contributed by atoms with Crippen LogP contribution in [-0.4, -0.2) is 42.0 Å². The predicted molar refractivity (Wildman–Crippen MR) is 75.9 cm³/mol. The van der Waals surface area contributed by atoms with Crippen molar-refractivity contribution in [2.24, 2.45) is 11.8 Å². The van der Waals surface area contributed by atoms with Crippen molar-refractivity contribution in [3.8, 4) is 0 Å². The van der Waals surface area contributed by atoms with Gasteiger partial charge in [0.15, 0.2) is 0 Å². The van der Waals surface area contributed by atoms with Crippen LogP contribution in [0.25, 0.3) is 0 Å².